The molecule has 2 aliphatic heterocycles. The fourth-order valence-electron chi connectivity index (χ4n) is 4.02. The van der Waals surface area contributed by atoms with Crippen LogP contribution >= 0.6 is 15.9 Å². The molecule has 0 aliphatic carbocycles. The molecule has 3 heterocycles. The molecule has 2 aliphatic rings. The second kappa shape index (κ2) is 5.23. The fraction of sp³-hybridized carbons (Fsp3) is 0.667. The van der Waals surface area contributed by atoms with Crippen LogP contribution in [0.1, 0.15) is 38.2 Å². The van der Waals surface area contributed by atoms with Crippen molar-refractivity contribution in [2.24, 2.45) is 0 Å². The van der Waals surface area contributed by atoms with Crippen LogP contribution in [0.2, 0.25) is 0 Å². The van der Waals surface area contributed by atoms with Gasteiger partial charge in [-0.2, -0.15) is 13.2 Å². The van der Waals surface area contributed by atoms with Crippen molar-refractivity contribution < 1.29 is 13.2 Å². The van der Waals surface area contributed by atoms with Crippen molar-refractivity contribution in [3.8, 4) is 0 Å². The number of hydrogen-bond donors (Lipinski definition) is 0. The number of piperidine rings is 1. The highest BCUT2D eigenvalue weighted by molar-refractivity contribution is 9.10. The Hall–Kier alpha value is -0.620. The van der Waals surface area contributed by atoms with Gasteiger partial charge in [0.15, 0.2) is 0 Å². The van der Waals surface area contributed by atoms with Crippen molar-refractivity contribution in [2.75, 3.05) is 6.54 Å². The van der Waals surface area contributed by atoms with E-state index in [4.69, 9.17) is 0 Å². The zero-order chi connectivity index (χ0) is 15.3. The van der Waals surface area contributed by atoms with Crippen LogP contribution in [0, 0.1) is 0 Å². The molecule has 2 unspecified atom stereocenters. The third kappa shape index (κ3) is 3.11. The molecular formula is C15H18BrF3N2. The summed E-state index contributed by atoms with van der Waals surface area (Å²) in [6.45, 7) is 1.39. The van der Waals surface area contributed by atoms with Crippen LogP contribution in [0.3, 0.4) is 0 Å². The van der Waals surface area contributed by atoms with Gasteiger partial charge in [-0.05, 0) is 58.7 Å². The lowest BCUT2D eigenvalue weighted by Gasteiger charge is -2.45. The first-order valence-electron chi connectivity index (χ1n) is 7.20. The normalized spacial score (nSPS) is 33.4. The lowest BCUT2D eigenvalue weighted by Crippen LogP contribution is -2.51. The molecule has 2 saturated heterocycles. The minimum absolute atomic E-state index is 0.0364. The number of aromatic nitrogens is 1. The largest absolute Gasteiger partial charge is 0.401 e. The molecule has 0 saturated carbocycles. The third-order valence-electron chi connectivity index (χ3n) is 4.91. The van der Waals surface area contributed by atoms with E-state index >= 15 is 0 Å². The lowest BCUT2D eigenvalue weighted by atomic mass is 9.72. The topological polar surface area (TPSA) is 16.1 Å². The van der Waals surface area contributed by atoms with Gasteiger partial charge < -0.3 is 0 Å². The first kappa shape index (κ1) is 15.3. The third-order valence-corrected chi connectivity index (χ3v) is 5.34. The maximum absolute atomic E-state index is 12.7. The fourth-order valence-corrected chi connectivity index (χ4v) is 4.38. The van der Waals surface area contributed by atoms with Gasteiger partial charge in [0, 0.05) is 29.0 Å². The average Bonchev–Trinajstić information content (AvgIpc) is 2.61. The van der Waals surface area contributed by atoms with Gasteiger partial charge in [0.1, 0.15) is 0 Å². The van der Waals surface area contributed by atoms with Gasteiger partial charge in [0.2, 0.25) is 0 Å². The molecule has 0 radical (unpaired) electrons. The molecule has 1 aromatic rings. The van der Waals surface area contributed by atoms with Crippen LogP contribution in [-0.4, -0.2) is 34.7 Å². The Labute approximate surface area is 130 Å². The molecule has 0 amide bonds. The minimum atomic E-state index is -4.11. The number of nitrogens with zero attached hydrogens (tertiary/aromatic N) is 2. The quantitative estimate of drug-likeness (QED) is 0.779. The van der Waals surface area contributed by atoms with Gasteiger partial charge in [0.25, 0.3) is 0 Å². The van der Waals surface area contributed by atoms with Gasteiger partial charge >= 0.3 is 6.18 Å². The Morgan fingerprint density at radius 1 is 1.29 bits per heavy atom. The highest BCUT2D eigenvalue weighted by Gasteiger charge is 2.49. The average molecular weight is 363 g/mol. The molecule has 0 N–H and O–H groups in total. The molecule has 21 heavy (non-hydrogen) atoms. The van der Waals surface area contributed by atoms with Gasteiger partial charge in [0.05, 0.1) is 6.54 Å². The van der Waals surface area contributed by atoms with Crippen LogP contribution in [-0.2, 0) is 5.41 Å². The lowest BCUT2D eigenvalue weighted by molar-refractivity contribution is -0.157. The number of alkyl halides is 3. The van der Waals surface area contributed by atoms with Crippen molar-refractivity contribution >= 4 is 15.9 Å². The molecular weight excluding hydrogens is 345 g/mol. The minimum Gasteiger partial charge on any atom is -0.289 e. The summed E-state index contributed by atoms with van der Waals surface area (Å²) in [6.07, 6.45) is 2.78. The highest BCUT2D eigenvalue weighted by Crippen LogP contribution is 2.47. The Morgan fingerprint density at radius 2 is 1.90 bits per heavy atom. The summed E-state index contributed by atoms with van der Waals surface area (Å²) in [4.78, 5) is 5.89. The zero-order valence-corrected chi connectivity index (χ0v) is 13.4. The molecule has 6 heteroatoms. The Kier molecular flexibility index (Phi) is 3.81. The first-order chi connectivity index (χ1) is 9.77. The summed E-state index contributed by atoms with van der Waals surface area (Å²) < 4.78 is 39.1. The predicted octanol–water partition coefficient (Wildman–Crippen LogP) is 4.29. The molecule has 116 valence electrons. The number of hydrogen-bond acceptors (Lipinski definition) is 2. The monoisotopic (exact) mass is 362 g/mol. The van der Waals surface area contributed by atoms with E-state index in [-0.39, 0.29) is 17.5 Å². The van der Waals surface area contributed by atoms with Crippen molar-refractivity contribution in [3.63, 3.8) is 0 Å². The van der Waals surface area contributed by atoms with Gasteiger partial charge in [-0.3, -0.25) is 9.88 Å². The van der Waals surface area contributed by atoms with E-state index in [0.717, 1.165) is 35.7 Å². The number of fused-ring (bicyclic) bond motifs is 2. The van der Waals surface area contributed by atoms with E-state index in [1.165, 1.54) is 0 Å². The van der Waals surface area contributed by atoms with E-state index in [1.54, 1.807) is 11.1 Å². The summed E-state index contributed by atoms with van der Waals surface area (Å²) in [6, 6.07) is 2.12. The van der Waals surface area contributed by atoms with Crippen LogP contribution in [0.4, 0.5) is 13.2 Å². The maximum atomic E-state index is 12.7. The molecule has 0 aromatic carbocycles. The molecule has 2 nitrogen and oxygen atoms in total. The Morgan fingerprint density at radius 3 is 2.43 bits per heavy atom. The van der Waals surface area contributed by atoms with E-state index in [2.05, 4.69) is 27.8 Å². The first-order valence-corrected chi connectivity index (χ1v) is 8.00. The van der Waals surface area contributed by atoms with Crippen molar-refractivity contribution in [2.45, 2.75) is 56.3 Å². The summed E-state index contributed by atoms with van der Waals surface area (Å²) in [5.74, 6) is 0. The Bertz CT molecular complexity index is 518. The molecule has 1 aromatic heterocycles. The van der Waals surface area contributed by atoms with E-state index in [9.17, 15) is 13.2 Å². The molecule has 2 fully saturated rings. The Balaban J connectivity index is 1.82. The number of pyridine rings is 1. The van der Waals surface area contributed by atoms with Crippen LogP contribution in [0.5, 0.6) is 0 Å². The number of halogens is 4. The van der Waals surface area contributed by atoms with Crippen LogP contribution < -0.4 is 0 Å². The SMILES string of the molecule is CC1(c2cncc(Br)c2)CC2CCC(C1)N2CC(F)(F)F. The molecule has 2 atom stereocenters. The summed E-state index contributed by atoms with van der Waals surface area (Å²) in [5.41, 5.74) is 1.05. The number of rotatable bonds is 2. The second-order valence-electron chi connectivity index (χ2n) is 6.53. The molecule has 2 bridgehead atoms. The molecule has 3 rings (SSSR count). The van der Waals surface area contributed by atoms with Crippen molar-refractivity contribution in [3.05, 3.63) is 28.5 Å². The predicted molar refractivity (Wildman–Crippen MR) is 78.1 cm³/mol. The van der Waals surface area contributed by atoms with Crippen molar-refractivity contribution in [1.29, 1.82) is 0 Å². The van der Waals surface area contributed by atoms with Crippen molar-refractivity contribution in [1.82, 2.24) is 9.88 Å². The molecule has 0 spiro atoms. The highest BCUT2D eigenvalue weighted by atomic mass is 79.9. The van der Waals surface area contributed by atoms with Crippen LogP contribution in [0.25, 0.3) is 0 Å². The maximum Gasteiger partial charge on any atom is 0.401 e. The second-order valence-corrected chi connectivity index (χ2v) is 7.45. The van der Waals surface area contributed by atoms with Gasteiger partial charge in [-0.15, -0.1) is 0 Å². The zero-order valence-electron chi connectivity index (χ0n) is 11.8. The van der Waals surface area contributed by atoms with Crippen LogP contribution in [0.15, 0.2) is 22.9 Å². The van der Waals surface area contributed by atoms with E-state index < -0.39 is 12.7 Å². The summed E-state index contributed by atoms with van der Waals surface area (Å²) >= 11 is 3.43. The van der Waals surface area contributed by atoms with Gasteiger partial charge in [-0.1, -0.05) is 6.92 Å². The van der Waals surface area contributed by atoms with E-state index in [0.29, 0.717) is 0 Å². The smallest absolute Gasteiger partial charge is 0.289 e. The van der Waals surface area contributed by atoms with E-state index in [1.807, 2.05) is 12.3 Å². The summed E-state index contributed by atoms with van der Waals surface area (Å²) in [7, 11) is 0. The summed E-state index contributed by atoms with van der Waals surface area (Å²) in [5, 5.41) is 0. The standard InChI is InChI=1S/C15H18BrF3N2/c1-14(10-4-11(16)8-20-7-10)5-12-2-3-13(6-14)21(12)9-15(17,18)19/h4,7-8,12-13H,2-3,5-6,9H2,1H3. The van der Waals surface area contributed by atoms with Gasteiger partial charge in [-0.25, -0.2) is 0 Å².